The first kappa shape index (κ1) is 15.2. The van der Waals surface area contributed by atoms with Gasteiger partial charge in [0.2, 0.25) is 5.91 Å². The van der Waals surface area contributed by atoms with E-state index in [1.807, 2.05) is 37.7 Å². The van der Waals surface area contributed by atoms with E-state index in [1.165, 1.54) is 6.08 Å². The smallest absolute Gasteiger partial charge is 0.244 e. The predicted octanol–water partition coefficient (Wildman–Crippen LogP) is 2.77. The van der Waals surface area contributed by atoms with Crippen molar-refractivity contribution < 1.29 is 9.21 Å². The Kier molecular flexibility index (Phi) is 4.38. The zero-order valence-electron chi connectivity index (χ0n) is 12.8. The van der Waals surface area contributed by atoms with Crippen molar-refractivity contribution in [2.24, 2.45) is 7.05 Å². The van der Waals surface area contributed by atoms with Crippen molar-refractivity contribution in [3.05, 3.63) is 52.3 Å². The topological polar surface area (TPSA) is 73.0 Å². The minimum absolute atomic E-state index is 0.184. The molecule has 3 heterocycles. The summed E-state index contributed by atoms with van der Waals surface area (Å²) in [6.45, 7) is 2.28. The lowest BCUT2D eigenvalue weighted by Gasteiger charge is -1.98. The van der Waals surface area contributed by atoms with Crippen molar-refractivity contribution >= 4 is 23.3 Å². The number of rotatable bonds is 5. The lowest BCUT2D eigenvalue weighted by molar-refractivity contribution is -0.116. The minimum atomic E-state index is -0.184. The Morgan fingerprint density at radius 3 is 3.04 bits per heavy atom. The van der Waals surface area contributed by atoms with Crippen LogP contribution in [0, 0.1) is 6.92 Å². The Hall–Kier alpha value is -2.67. The van der Waals surface area contributed by atoms with Crippen molar-refractivity contribution in [3.63, 3.8) is 0 Å². The van der Waals surface area contributed by atoms with Gasteiger partial charge in [-0.2, -0.15) is 5.10 Å². The molecule has 3 aromatic rings. The molecule has 0 aliphatic rings. The highest BCUT2D eigenvalue weighted by atomic mass is 32.1. The molecule has 1 amide bonds. The molecule has 0 bridgehead atoms. The van der Waals surface area contributed by atoms with Crippen LogP contribution in [-0.4, -0.2) is 20.7 Å². The lowest BCUT2D eigenvalue weighted by Crippen LogP contribution is -2.19. The Labute approximate surface area is 137 Å². The third-order valence-electron chi connectivity index (χ3n) is 3.12. The van der Waals surface area contributed by atoms with Crippen molar-refractivity contribution in [1.82, 2.24) is 20.1 Å². The van der Waals surface area contributed by atoms with Gasteiger partial charge in [0, 0.05) is 30.3 Å². The molecule has 0 fully saturated rings. The van der Waals surface area contributed by atoms with Gasteiger partial charge in [0.05, 0.1) is 17.7 Å². The van der Waals surface area contributed by atoms with E-state index in [0.29, 0.717) is 18.1 Å². The molecule has 0 unspecified atom stereocenters. The van der Waals surface area contributed by atoms with Gasteiger partial charge < -0.3 is 9.73 Å². The van der Waals surface area contributed by atoms with Crippen LogP contribution in [0.25, 0.3) is 17.5 Å². The molecule has 0 saturated heterocycles. The zero-order chi connectivity index (χ0) is 16.2. The van der Waals surface area contributed by atoms with E-state index in [4.69, 9.17) is 4.42 Å². The SMILES string of the molecule is Cc1nc(-c2ccc(CNC(=O)C=Cc3cnn(C)c3)o2)cs1. The highest BCUT2D eigenvalue weighted by Crippen LogP contribution is 2.23. The Morgan fingerprint density at radius 1 is 1.48 bits per heavy atom. The summed E-state index contributed by atoms with van der Waals surface area (Å²) in [5.74, 6) is 1.22. The third kappa shape index (κ3) is 3.95. The van der Waals surface area contributed by atoms with Crippen LogP contribution in [0.4, 0.5) is 0 Å². The number of aromatic nitrogens is 3. The summed E-state index contributed by atoms with van der Waals surface area (Å²) < 4.78 is 7.37. The summed E-state index contributed by atoms with van der Waals surface area (Å²) in [5.41, 5.74) is 1.70. The first-order valence-corrected chi connectivity index (χ1v) is 7.94. The molecule has 3 rings (SSSR count). The van der Waals surface area contributed by atoms with E-state index in [9.17, 15) is 4.79 Å². The fourth-order valence-electron chi connectivity index (χ4n) is 2.02. The lowest BCUT2D eigenvalue weighted by atomic mass is 10.3. The molecule has 0 atom stereocenters. The molecule has 0 spiro atoms. The van der Waals surface area contributed by atoms with Gasteiger partial charge in [-0.15, -0.1) is 11.3 Å². The van der Waals surface area contributed by atoms with Crippen molar-refractivity contribution in [2.45, 2.75) is 13.5 Å². The average Bonchev–Trinajstić information content (AvgIpc) is 3.24. The van der Waals surface area contributed by atoms with Gasteiger partial charge in [-0.1, -0.05) is 0 Å². The maximum absolute atomic E-state index is 11.8. The van der Waals surface area contributed by atoms with Gasteiger partial charge in [0.15, 0.2) is 5.76 Å². The van der Waals surface area contributed by atoms with Crippen LogP contribution in [0.5, 0.6) is 0 Å². The minimum Gasteiger partial charge on any atom is -0.458 e. The normalized spacial score (nSPS) is 11.2. The number of nitrogens with zero attached hydrogens (tertiary/aromatic N) is 3. The van der Waals surface area contributed by atoms with E-state index in [0.717, 1.165) is 16.3 Å². The average molecular weight is 328 g/mol. The molecule has 0 aromatic carbocycles. The summed E-state index contributed by atoms with van der Waals surface area (Å²) >= 11 is 1.58. The van der Waals surface area contributed by atoms with Gasteiger partial charge >= 0.3 is 0 Å². The number of aryl methyl sites for hydroxylation is 2. The molecule has 6 nitrogen and oxygen atoms in total. The zero-order valence-corrected chi connectivity index (χ0v) is 13.6. The first-order valence-electron chi connectivity index (χ1n) is 7.06. The highest BCUT2D eigenvalue weighted by Gasteiger charge is 2.08. The van der Waals surface area contributed by atoms with Crippen LogP contribution in [0.2, 0.25) is 0 Å². The second-order valence-corrected chi connectivity index (χ2v) is 6.08. The molecular weight excluding hydrogens is 312 g/mol. The van der Waals surface area contributed by atoms with Gasteiger partial charge in [-0.25, -0.2) is 4.98 Å². The summed E-state index contributed by atoms with van der Waals surface area (Å²) in [7, 11) is 1.83. The monoisotopic (exact) mass is 328 g/mol. The van der Waals surface area contributed by atoms with E-state index < -0.39 is 0 Å². The van der Waals surface area contributed by atoms with Gasteiger partial charge in [-0.3, -0.25) is 9.48 Å². The van der Waals surface area contributed by atoms with E-state index >= 15 is 0 Å². The fraction of sp³-hybridized carbons (Fsp3) is 0.188. The molecule has 118 valence electrons. The number of thiazole rings is 1. The molecule has 0 radical (unpaired) electrons. The standard InChI is InChI=1S/C16H16N4O2S/c1-11-19-14(10-23-11)15-5-4-13(22-15)8-17-16(21)6-3-12-7-18-20(2)9-12/h3-7,9-10H,8H2,1-2H3,(H,17,21). The van der Waals surface area contributed by atoms with Crippen LogP contribution in [-0.2, 0) is 18.4 Å². The number of amides is 1. The Morgan fingerprint density at radius 2 is 2.35 bits per heavy atom. The highest BCUT2D eigenvalue weighted by molar-refractivity contribution is 7.09. The van der Waals surface area contributed by atoms with Crippen LogP contribution in [0.15, 0.2) is 40.4 Å². The van der Waals surface area contributed by atoms with Crippen molar-refractivity contribution in [1.29, 1.82) is 0 Å². The molecule has 7 heteroatoms. The summed E-state index contributed by atoms with van der Waals surface area (Å²) in [6, 6.07) is 3.70. The van der Waals surface area contributed by atoms with Crippen molar-refractivity contribution in [2.75, 3.05) is 0 Å². The quantitative estimate of drug-likeness (QED) is 0.731. The third-order valence-corrected chi connectivity index (χ3v) is 3.90. The van der Waals surface area contributed by atoms with Crippen LogP contribution in [0.1, 0.15) is 16.3 Å². The van der Waals surface area contributed by atoms with E-state index in [-0.39, 0.29) is 5.91 Å². The maximum Gasteiger partial charge on any atom is 0.244 e. The molecule has 0 saturated carbocycles. The first-order chi connectivity index (χ1) is 11.1. The number of nitrogens with one attached hydrogen (secondary N) is 1. The van der Waals surface area contributed by atoms with Crippen LogP contribution < -0.4 is 5.32 Å². The Balaban J connectivity index is 1.55. The molecular formula is C16H16N4O2S. The number of carbonyl (C=O) groups is 1. The number of carbonyl (C=O) groups excluding carboxylic acids is 1. The Bertz CT molecular complexity index is 844. The van der Waals surface area contributed by atoms with E-state index in [2.05, 4.69) is 15.4 Å². The second-order valence-electron chi connectivity index (χ2n) is 5.02. The summed E-state index contributed by atoms with van der Waals surface area (Å²) in [6.07, 6.45) is 6.72. The number of furan rings is 1. The fourth-order valence-corrected chi connectivity index (χ4v) is 2.62. The number of hydrogen-bond donors (Lipinski definition) is 1. The largest absolute Gasteiger partial charge is 0.458 e. The van der Waals surface area contributed by atoms with Crippen molar-refractivity contribution in [3.8, 4) is 11.5 Å². The van der Waals surface area contributed by atoms with Gasteiger partial charge in [-0.05, 0) is 25.1 Å². The summed E-state index contributed by atoms with van der Waals surface area (Å²) in [4.78, 5) is 16.2. The molecule has 3 aromatic heterocycles. The van der Waals surface area contributed by atoms with Crippen LogP contribution in [0.3, 0.4) is 0 Å². The molecule has 0 aliphatic carbocycles. The van der Waals surface area contributed by atoms with Crippen LogP contribution >= 0.6 is 11.3 Å². The van der Waals surface area contributed by atoms with Gasteiger partial charge in [0.1, 0.15) is 11.5 Å². The number of hydrogen-bond acceptors (Lipinski definition) is 5. The molecule has 23 heavy (non-hydrogen) atoms. The van der Waals surface area contributed by atoms with E-state index in [1.54, 1.807) is 28.3 Å². The molecule has 0 aliphatic heterocycles. The molecule has 1 N–H and O–H groups in total. The maximum atomic E-state index is 11.8. The predicted molar refractivity (Wildman–Crippen MR) is 88.6 cm³/mol. The van der Waals surface area contributed by atoms with Gasteiger partial charge in [0.25, 0.3) is 0 Å². The second kappa shape index (κ2) is 6.62. The summed E-state index contributed by atoms with van der Waals surface area (Å²) in [5, 5.41) is 9.76.